The molecule has 4 rings (SSSR count). The molecule has 0 spiro atoms. The first-order valence-electron chi connectivity index (χ1n) is 8.20. The number of carbonyl (C=O) groups is 1. The molecule has 6 nitrogen and oxygen atoms in total. The van der Waals surface area contributed by atoms with Gasteiger partial charge in [-0.25, -0.2) is 9.48 Å². The van der Waals surface area contributed by atoms with Gasteiger partial charge in [-0.2, -0.15) is 0 Å². The molecule has 0 aliphatic heterocycles. The number of para-hydroxylation sites is 1. The molecule has 1 aromatic carbocycles. The van der Waals surface area contributed by atoms with Crippen LogP contribution in [0.15, 0.2) is 52.6 Å². The highest BCUT2D eigenvalue weighted by molar-refractivity contribution is 7.13. The molecule has 0 bridgehead atoms. The van der Waals surface area contributed by atoms with Gasteiger partial charge in [0.05, 0.1) is 4.88 Å². The Balaban J connectivity index is 1.64. The number of rotatable bonds is 5. The lowest BCUT2D eigenvalue weighted by Gasteiger charge is -2.16. The fourth-order valence-corrected chi connectivity index (χ4v) is 3.49. The summed E-state index contributed by atoms with van der Waals surface area (Å²) in [5, 5.41) is 6.42. The van der Waals surface area contributed by atoms with Gasteiger partial charge in [-0.05, 0) is 36.4 Å². The summed E-state index contributed by atoms with van der Waals surface area (Å²) < 4.78 is 3.02. The molecular weight excluding hydrogens is 336 g/mol. The highest BCUT2D eigenvalue weighted by Crippen LogP contribution is 2.37. The minimum absolute atomic E-state index is 0.0671. The number of aromatic nitrogens is 3. The van der Waals surface area contributed by atoms with Gasteiger partial charge in [0.1, 0.15) is 6.54 Å². The zero-order valence-electron chi connectivity index (χ0n) is 13.8. The van der Waals surface area contributed by atoms with Crippen LogP contribution in [0, 0.1) is 0 Å². The number of nitrogens with zero attached hydrogens (tertiary/aromatic N) is 4. The number of hydrogen-bond donors (Lipinski definition) is 0. The van der Waals surface area contributed by atoms with E-state index in [0.29, 0.717) is 5.82 Å². The Morgan fingerprint density at radius 3 is 2.64 bits per heavy atom. The number of benzene rings is 1. The average molecular weight is 354 g/mol. The standard InChI is InChI=1S/C18H18N4O2S/c1-20(13-6-3-2-4-7-13)16(23)12-21-18(24)22(14-9-10-14)17(19-21)15-8-5-11-25-15/h2-8,11,14H,9-10,12H2,1H3. The molecule has 25 heavy (non-hydrogen) atoms. The summed E-state index contributed by atoms with van der Waals surface area (Å²) in [7, 11) is 1.71. The van der Waals surface area contributed by atoms with Crippen molar-refractivity contribution in [3.8, 4) is 10.7 Å². The lowest BCUT2D eigenvalue weighted by atomic mass is 10.3. The van der Waals surface area contributed by atoms with Crippen molar-refractivity contribution in [1.82, 2.24) is 14.3 Å². The van der Waals surface area contributed by atoms with E-state index in [1.54, 1.807) is 27.9 Å². The van der Waals surface area contributed by atoms with E-state index < -0.39 is 0 Å². The first kappa shape index (κ1) is 15.8. The van der Waals surface area contributed by atoms with E-state index in [-0.39, 0.29) is 24.2 Å². The summed E-state index contributed by atoms with van der Waals surface area (Å²) in [5.41, 5.74) is 0.585. The smallest absolute Gasteiger partial charge is 0.314 e. The van der Waals surface area contributed by atoms with E-state index in [1.807, 2.05) is 47.8 Å². The van der Waals surface area contributed by atoms with Crippen LogP contribution in [-0.4, -0.2) is 27.3 Å². The molecule has 1 saturated carbocycles. The Bertz CT molecular complexity index is 939. The molecule has 1 aliphatic carbocycles. The van der Waals surface area contributed by atoms with Crippen molar-refractivity contribution in [2.24, 2.45) is 0 Å². The summed E-state index contributed by atoms with van der Waals surface area (Å²) in [6.45, 7) is -0.0671. The van der Waals surface area contributed by atoms with Crippen LogP contribution in [0.2, 0.25) is 0 Å². The van der Waals surface area contributed by atoms with Crippen LogP contribution in [0.25, 0.3) is 10.7 Å². The lowest BCUT2D eigenvalue weighted by molar-refractivity contribution is -0.119. The van der Waals surface area contributed by atoms with Gasteiger partial charge in [0, 0.05) is 18.8 Å². The summed E-state index contributed by atoms with van der Waals surface area (Å²) in [4.78, 5) is 27.8. The Morgan fingerprint density at radius 1 is 1.24 bits per heavy atom. The minimum Gasteiger partial charge on any atom is -0.314 e. The predicted molar refractivity (Wildman–Crippen MR) is 97.9 cm³/mol. The zero-order valence-corrected chi connectivity index (χ0v) is 14.6. The van der Waals surface area contributed by atoms with E-state index in [4.69, 9.17) is 0 Å². The second-order valence-electron chi connectivity index (χ2n) is 6.13. The normalized spacial score (nSPS) is 13.8. The molecule has 0 atom stereocenters. The Kier molecular flexibility index (Phi) is 4.01. The molecule has 0 radical (unpaired) electrons. The van der Waals surface area contributed by atoms with E-state index >= 15 is 0 Å². The predicted octanol–water partition coefficient (Wildman–Crippen LogP) is 2.77. The maximum absolute atomic E-state index is 12.8. The van der Waals surface area contributed by atoms with Crippen molar-refractivity contribution in [2.45, 2.75) is 25.4 Å². The second kappa shape index (κ2) is 6.33. The van der Waals surface area contributed by atoms with Gasteiger partial charge in [-0.1, -0.05) is 24.3 Å². The van der Waals surface area contributed by atoms with Crippen LogP contribution in [0.3, 0.4) is 0 Å². The van der Waals surface area contributed by atoms with Gasteiger partial charge in [0.25, 0.3) is 0 Å². The summed E-state index contributed by atoms with van der Waals surface area (Å²) in [6.07, 6.45) is 1.98. The fraction of sp³-hybridized carbons (Fsp3) is 0.278. The molecule has 3 aromatic rings. The number of hydrogen-bond acceptors (Lipinski definition) is 4. The molecule has 1 amide bonds. The van der Waals surface area contributed by atoms with E-state index in [2.05, 4.69) is 5.10 Å². The molecule has 7 heteroatoms. The molecule has 0 N–H and O–H groups in total. The largest absolute Gasteiger partial charge is 0.346 e. The first-order valence-corrected chi connectivity index (χ1v) is 9.08. The van der Waals surface area contributed by atoms with E-state index in [0.717, 1.165) is 23.4 Å². The molecule has 2 aromatic heterocycles. The van der Waals surface area contributed by atoms with E-state index in [1.165, 1.54) is 4.68 Å². The molecule has 128 valence electrons. The molecule has 1 aliphatic rings. The summed E-state index contributed by atoms with van der Waals surface area (Å²) >= 11 is 1.55. The number of carbonyl (C=O) groups excluding carboxylic acids is 1. The van der Waals surface area contributed by atoms with Gasteiger partial charge in [-0.3, -0.25) is 9.36 Å². The third-order valence-corrected chi connectivity index (χ3v) is 5.19. The highest BCUT2D eigenvalue weighted by Gasteiger charge is 2.31. The molecule has 1 fully saturated rings. The SMILES string of the molecule is CN(C(=O)Cn1nc(-c2cccs2)n(C2CC2)c1=O)c1ccccc1. The van der Waals surface area contributed by atoms with Crippen LogP contribution in [0.4, 0.5) is 5.69 Å². The number of amides is 1. The maximum atomic E-state index is 12.8. The summed E-state index contributed by atoms with van der Waals surface area (Å²) in [5.74, 6) is 0.490. The van der Waals surface area contributed by atoms with Crippen molar-refractivity contribution < 1.29 is 4.79 Å². The molecular formula is C18H18N4O2S. The van der Waals surface area contributed by atoms with Crippen molar-refractivity contribution in [3.63, 3.8) is 0 Å². The lowest BCUT2D eigenvalue weighted by Crippen LogP contribution is -2.35. The molecule has 0 unspecified atom stereocenters. The third kappa shape index (κ3) is 3.02. The van der Waals surface area contributed by atoms with Gasteiger partial charge in [-0.15, -0.1) is 16.4 Å². The Hall–Kier alpha value is -2.67. The Labute approximate surface area is 148 Å². The number of anilines is 1. The fourth-order valence-electron chi connectivity index (χ4n) is 2.79. The van der Waals surface area contributed by atoms with Crippen molar-refractivity contribution in [3.05, 3.63) is 58.3 Å². The zero-order chi connectivity index (χ0) is 17.4. The van der Waals surface area contributed by atoms with Crippen LogP contribution in [-0.2, 0) is 11.3 Å². The van der Waals surface area contributed by atoms with Crippen molar-refractivity contribution in [1.29, 1.82) is 0 Å². The maximum Gasteiger partial charge on any atom is 0.346 e. The van der Waals surface area contributed by atoms with Crippen LogP contribution in [0.5, 0.6) is 0 Å². The van der Waals surface area contributed by atoms with Gasteiger partial charge in [0.2, 0.25) is 5.91 Å². The average Bonchev–Trinajstić information content (AvgIpc) is 3.21. The quantitative estimate of drug-likeness (QED) is 0.708. The van der Waals surface area contributed by atoms with Gasteiger partial charge >= 0.3 is 5.69 Å². The van der Waals surface area contributed by atoms with Gasteiger partial charge in [0.15, 0.2) is 5.82 Å². The van der Waals surface area contributed by atoms with Crippen molar-refractivity contribution >= 4 is 22.9 Å². The summed E-state index contributed by atoms with van der Waals surface area (Å²) in [6, 6.07) is 13.5. The van der Waals surface area contributed by atoms with Crippen LogP contribution >= 0.6 is 11.3 Å². The first-order chi connectivity index (χ1) is 12.1. The Morgan fingerprint density at radius 2 is 2.00 bits per heavy atom. The number of thiophene rings is 1. The van der Waals surface area contributed by atoms with Gasteiger partial charge < -0.3 is 4.90 Å². The molecule has 2 heterocycles. The van der Waals surface area contributed by atoms with Crippen LogP contribution < -0.4 is 10.6 Å². The highest BCUT2D eigenvalue weighted by atomic mass is 32.1. The second-order valence-corrected chi connectivity index (χ2v) is 7.08. The van der Waals surface area contributed by atoms with E-state index in [9.17, 15) is 9.59 Å². The van der Waals surface area contributed by atoms with Crippen LogP contribution in [0.1, 0.15) is 18.9 Å². The topological polar surface area (TPSA) is 60.1 Å². The minimum atomic E-state index is -0.208. The monoisotopic (exact) mass is 354 g/mol. The van der Waals surface area contributed by atoms with Crippen molar-refractivity contribution in [2.75, 3.05) is 11.9 Å². The third-order valence-electron chi connectivity index (χ3n) is 4.33. The molecule has 0 saturated heterocycles. The number of likely N-dealkylation sites (N-methyl/N-ethyl adjacent to an activating group) is 1.